The smallest absolute Gasteiger partial charge is 0.257 e. The molecular weight excluding hydrogens is 376 g/mol. The zero-order valence-electron chi connectivity index (χ0n) is 18.4. The molecule has 2 aromatic carbocycles. The number of carbonyl (C=O) groups is 1. The lowest BCUT2D eigenvalue weighted by atomic mass is 9.98. The van der Waals surface area contributed by atoms with Crippen LogP contribution in [0.2, 0.25) is 0 Å². The Morgan fingerprint density at radius 3 is 2.40 bits per heavy atom. The minimum absolute atomic E-state index is 0. The van der Waals surface area contributed by atoms with E-state index in [1.807, 2.05) is 43.3 Å². The van der Waals surface area contributed by atoms with Gasteiger partial charge in [0.25, 0.3) is 5.91 Å². The maximum absolute atomic E-state index is 12.5. The first-order chi connectivity index (χ1) is 13.9. The standard InChI is InChI=1S/C20H24N2O2.C3H8.CH4O.CH4/c1-15-7-5-10-17(13-15)21-19(23)20(2,24)14-22-12-6-9-16-8-3-4-11-18(16)22;1-3-2;1-2;/h3-5,7-8,10-11,13,24H,6,9,12,14H2,1-2H3,(H,21,23);3H2,1-2H3;2H,1H3;1H4/t20-;;;/m0.../s1. The van der Waals surface area contributed by atoms with Crippen LogP contribution in [0.25, 0.3) is 0 Å². The summed E-state index contributed by atoms with van der Waals surface area (Å²) in [6.07, 6.45) is 3.33. The van der Waals surface area contributed by atoms with E-state index in [1.165, 1.54) is 12.0 Å². The molecule has 3 N–H and O–H groups in total. The Morgan fingerprint density at radius 1 is 1.13 bits per heavy atom. The van der Waals surface area contributed by atoms with E-state index >= 15 is 0 Å². The van der Waals surface area contributed by atoms with Crippen LogP contribution in [0.3, 0.4) is 0 Å². The highest BCUT2D eigenvalue weighted by atomic mass is 16.3. The number of amides is 1. The van der Waals surface area contributed by atoms with Gasteiger partial charge in [-0.1, -0.05) is 58.0 Å². The van der Waals surface area contributed by atoms with Gasteiger partial charge < -0.3 is 20.4 Å². The fraction of sp³-hybridized carbons (Fsp3) is 0.480. The van der Waals surface area contributed by atoms with Crippen molar-refractivity contribution in [2.45, 2.75) is 60.0 Å². The molecule has 0 aliphatic carbocycles. The van der Waals surface area contributed by atoms with Gasteiger partial charge in [-0.2, -0.15) is 0 Å². The fourth-order valence-corrected chi connectivity index (χ4v) is 3.21. The van der Waals surface area contributed by atoms with Gasteiger partial charge in [-0.15, -0.1) is 0 Å². The molecule has 0 saturated carbocycles. The van der Waals surface area contributed by atoms with E-state index in [2.05, 4.69) is 36.2 Å². The number of carbonyl (C=O) groups excluding carboxylic acids is 1. The van der Waals surface area contributed by atoms with E-state index in [4.69, 9.17) is 5.11 Å². The number of hydrogen-bond acceptors (Lipinski definition) is 4. The van der Waals surface area contributed by atoms with Crippen molar-refractivity contribution in [3.8, 4) is 0 Å². The van der Waals surface area contributed by atoms with Crippen molar-refractivity contribution in [3.63, 3.8) is 0 Å². The van der Waals surface area contributed by atoms with Crippen LogP contribution in [-0.4, -0.2) is 41.9 Å². The first-order valence-electron chi connectivity index (χ1n) is 10.3. The van der Waals surface area contributed by atoms with E-state index in [0.29, 0.717) is 5.69 Å². The van der Waals surface area contributed by atoms with Crippen molar-refractivity contribution < 1.29 is 15.0 Å². The second kappa shape index (κ2) is 13.8. The van der Waals surface area contributed by atoms with Crippen molar-refractivity contribution >= 4 is 17.3 Å². The van der Waals surface area contributed by atoms with Crippen LogP contribution in [0.1, 0.15) is 52.2 Å². The number of fused-ring (bicyclic) bond motifs is 1. The van der Waals surface area contributed by atoms with Crippen LogP contribution in [-0.2, 0) is 11.2 Å². The Labute approximate surface area is 182 Å². The molecule has 30 heavy (non-hydrogen) atoms. The summed E-state index contributed by atoms with van der Waals surface area (Å²) in [7, 11) is 1.00. The van der Waals surface area contributed by atoms with Crippen molar-refractivity contribution in [1.82, 2.24) is 0 Å². The lowest BCUT2D eigenvalue weighted by Crippen LogP contribution is -2.50. The van der Waals surface area contributed by atoms with Gasteiger partial charge in [0.2, 0.25) is 0 Å². The number of rotatable bonds is 4. The predicted molar refractivity (Wildman–Crippen MR) is 128 cm³/mol. The summed E-state index contributed by atoms with van der Waals surface area (Å²) in [4.78, 5) is 14.6. The molecule has 2 aromatic rings. The largest absolute Gasteiger partial charge is 0.400 e. The normalized spacial score (nSPS) is 13.8. The Bertz CT molecular complexity index is 760. The summed E-state index contributed by atoms with van der Waals surface area (Å²) in [6, 6.07) is 15.8. The minimum atomic E-state index is -1.46. The van der Waals surface area contributed by atoms with Gasteiger partial charge in [0.1, 0.15) is 0 Å². The van der Waals surface area contributed by atoms with Crippen LogP contribution in [0, 0.1) is 6.92 Å². The van der Waals surface area contributed by atoms with Crippen molar-refractivity contribution in [3.05, 3.63) is 59.7 Å². The highest BCUT2D eigenvalue weighted by molar-refractivity contribution is 5.97. The van der Waals surface area contributed by atoms with Crippen LogP contribution in [0.4, 0.5) is 11.4 Å². The van der Waals surface area contributed by atoms with E-state index in [0.717, 1.165) is 37.7 Å². The number of anilines is 2. The van der Waals surface area contributed by atoms with Crippen LogP contribution < -0.4 is 10.2 Å². The van der Waals surface area contributed by atoms with E-state index in [1.54, 1.807) is 6.92 Å². The highest BCUT2D eigenvalue weighted by Crippen LogP contribution is 2.28. The molecule has 5 heteroatoms. The molecule has 168 valence electrons. The lowest BCUT2D eigenvalue weighted by molar-refractivity contribution is -0.131. The first-order valence-corrected chi connectivity index (χ1v) is 10.3. The van der Waals surface area contributed by atoms with E-state index in [9.17, 15) is 9.90 Å². The number of nitrogens with one attached hydrogen (secondary N) is 1. The summed E-state index contributed by atoms with van der Waals surface area (Å²) >= 11 is 0. The monoisotopic (exact) mass is 416 g/mol. The van der Waals surface area contributed by atoms with E-state index < -0.39 is 5.60 Å². The van der Waals surface area contributed by atoms with Crippen molar-refractivity contribution in [2.75, 3.05) is 30.4 Å². The molecule has 0 aromatic heterocycles. The van der Waals surface area contributed by atoms with Crippen LogP contribution in [0.15, 0.2) is 48.5 Å². The van der Waals surface area contributed by atoms with Gasteiger partial charge >= 0.3 is 0 Å². The lowest BCUT2D eigenvalue weighted by Gasteiger charge is -2.36. The molecule has 3 rings (SSSR count). The van der Waals surface area contributed by atoms with Gasteiger partial charge in [0, 0.05) is 25.0 Å². The number of aryl methyl sites for hydroxylation is 2. The average molecular weight is 417 g/mol. The molecule has 1 heterocycles. The number of para-hydroxylation sites is 1. The van der Waals surface area contributed by atoms with Gasteiger partial charge in [-0.25, -0.2) is 0 Å². The third kappa shape index (κ3) is 8.17. The molecule has 0 unspecified atom stereocenters. The summed E-state index contributed by atoms with van der Waals surface area (Å²) in [6.45, 7) is 8.93. The maximum atomic E-state index is 12.5. The van der Waals surface area contributed by atoms with Gasteiger partial charge in [-0.05, 0) is 56.0 Å². The maximum Gasteiger partial charge on any atom is 0.257 e. The van der Waals surface area contributed by atoms with Crippen LogP contribution >= 0.6 is 0 Å². The second-order valence-corrected chi connectivity index (χ2v) is 7.46. The Kier molecular flexibility index (Phi) is 12.7. The van der Waals surface area contributed by atoms with Crippen molar-refractivity contribution in [1.29, 1.82) is 0 Å². The van der Waals surface area contributed by atoms with Gasteiger partial charge in [-0.3, -0.25) is 4.79 Å². The molecule has 1 amide bonds. The molecule has 0 spiro atoms. The summed E-state index contributed by atoms with van der Waals surface area (Å²) in [5.74, 6) is -0.379. The molecule has 0 fully saturated rings. The zero-order chi connectivity index (χ0) is 21.9. The third-order valence-electron chi connectivity index (χ3n) is 4.47. The Balaban J connectivity index is 0.00000129. The number of hydrogen-bond donors (Lipinski definition) is 3. The highest BCUT2D eigenvalue weighted by Gasteiger charge is 2.34. The van der Waals surface area contributed by atoms with E-state index in [-0.39, 0.29) is 19.9 Å². The quantitative estimate of drug-likeness (QED) is 0.669. The number of nitrogens with zero attached hydrogens (tertiary/aromatic N) is 1. The molecule has 0 saturated heterocycles. The van der Waals surface area contributed by atoms with Gasteiger partial charge in [0.15, 0.2) is 5.60 Å². The second-order valence-electron chi connectivity index (χ2n) is 7.46. The summed E-state index contributed by atoms with van der Waals surface area (Å²) in [5.41, 5.74) is 2.71. The first kappa shape index (κ1) is 27.6. The topological polar surface area (TPSA) is 72.8 Å². The third-order valence-corrected chi connectivity index (χ3v) is 4.47. The molecular formula is C25H40N2O3. The molecule has 0 radical (unpaired) electrons. The fourth-order valence-electron chi connectivity index (χ4n) is 3.21. The summed E-state index contributed by atoms with van der Waals surface area (Å²) in [5, 5.41) is 20.6. The predicted octanol–water partition coefficient (Wildman–Crippen LogP) is 4.80. The van der Waals surface area contributed by atoms with Crippen LogP contribution in [0.5, 0.6) is 0 Å². The number of benzene rings is 2. The number of aliphatic hydroxyl groups excluding tert-OH is 1. The molecule has 1 aliphatic heterocycles. The van der Waals surface area contributed by atoms with Gasteiger partial charge in [0.05, 0.1) is 6.54 Å². The SMILES string of the molecule is C.CCC.CO.Cc1cccc(NC(=O)[C@@](C)(O)CN2CCCc3ccccc32)c1. The number of β-amino-alcohol motifs (C(OH)–C–C–N with tert-alkyl or cyclic N) is 1. The Hall–Kier alpha value is -2.37. The molecule has 1 aliphatic rings. The minimum Gasteiger partial charge on any atom is -0.400 e. The average Bonchev–Trinajstić information content (AvgIpc) is 2.70. The van der Waals surface area contributed by atoms with Crippen molar-refractivity contribution in [2.24, 2.45) is 0 Å². The zero-order valence-corrected chi connectivity index (χ0v) is 18.4. The molecule has 0 bridgehead atoms. The number of aliphatic hydroxyl groups is 2. The Morgan fingerprint density at radius 2 is 1.77 bits per heavy atom. The summed E-state index contributed by atoms with van der Waals surface area (Å²) < 4.78 is 0. The molecule has 5 nitrogen and oxygen atoms in total. The molecule has 1 atom stereocenters.